The lowest BCUT2D eigenvalue weighted by Gasteiger charge is -2.35. The van der Waals surface area contributed by atoms with Gasteiger partial charge in [0.05, 0.1) is 25.7 Å². The summed E-state index contributed by atoms with van der Waals surface area (Å²) < 4.78 is 10.9. The van der Waals surface area contributed by atoms with Crippen molar-refractivity contribution < 1.29 is 19.4 Å². The van der Waals surface area contributed by atoms with Crippen molar-refractivity contribution in [3.8, 4) is 17.2 Å². The van der Waals surface area contributed by atoms with Crippen LogP contribution in [0.5, 0.6) is 17.2 Å². The standard InChI is InChI=1S/C29H33N3O4/c1-35-24-9-5-4-8-22(24)27(32-16-6-3-7-17-32)20-10-13-26(30-19-20)31-28(34)29(14-15-29)21-11-12-23(33)25(18-21)36-2/h4-5,8-13,18-19,27,33H,3,6-7,14-17H2,1-2H3,(H,30,31,34). The molecule has 1 unspecified atom stereocenters. The Balaban J connectivity index is 1.38. The highest BCUT2D eigenvalue weighted by atomic mass is 16.5. The molecule has 2 heterocycles. The molecule has 3 aromatic rings. The molecule has 7 nitrogen and oxygen atoms in total. The number of pyridine rings is 1. The lowest BCUT2D eigenvalue weighted by molar-refractivity contribution is -0.118. The zero-order valence-corrected chi connectivity index (χ0v) is 20.9. The quantitative estimate of drug-likeness (QED) is 0.463. The number of ether oxygens (including phenoxy) is 2. The molecule has 1 amide bonds. The molecular formula is C29H33N3O4. The van der Waals surface area contributed by atoms with E-state index in [9.17, 15) is 9.90 Å². The number of aromatic hydroxyl groups is 1. The molecule has 2 aliphatic rings. The number of para-hydroxylation sites is 1. The van der Waals surface area contributed by atoms with E-state index >= 15 is 0 Å². The summed E-state index contributed by atoms with van der Waals surface area (Å²) in [5, 5.41) is 12.9. The van der Waals surface area contributed by atoms with E-state index < -0.39 is 5.41 Å². The molecule has 7 heteroatoms. The van der Waals surface area contributed by atoms with E-state index in [1.165, 1.54) is 26.4 Å². The summed E-state index contributed by atoms with van der Waals surface area (Å²) in [6.07, 6.45) is 6.97. The fourth-order valence-electron chi connectivity index (χ4n) is 5.28. The number of hydrogen-bond donors (Lipinski definition) is 2. The predicted molar refractivity (Wildman–Crippen MR) is 139 cm³/mol. The van der Waals surface area contributed by atoms with Crippen molar-refractivity contribution in [2.75, 3.05) is 32.6 Å². The molecule has 36 heavy (non-hydrogen) atoms. The largest absolute Gasteiger partial charge is 0.504 e. The van der Waals surface area contributed by atoms with Crippen LogP contribution in [0.4, 0.5) is 5.82 Å². The number of hydrogen-bond acceptors (Lipinski definition) is 6. The van der Waals surface area contributed by atoms with E-state index in [1.807, 2.05) is 30.5 Å². The van der Waals surface area contributed by atoms with Gasteiger partial charge in [0.25, 0.3) is 0 Å². The van der Waals surface area contributed by atoms with E-state index in [2.05, 4.69) is 27.3 Å². The second-order valence-electron chi connectivity index (χ2n) is 9.64. The number of carbonyl (C=O) groups excluding carboxylic acids is 1. The number of anilines is 1. The van der Waals surface area contributed by atoms with Crippen LogP contribution in [0.15, 0.2) is 60.8 Å². The molecule has 1 aliphatic carbocycles. The first-order chi connectivity index (χ1) is 17.6. The normalized spacial score (nSPS) is 17.7. The van der Waals surface area contributed by atoms with Crippen LogP contribution in [0.25, 0.3) is 0 Å². The van der Waals surface area contributed by atoms with Gasteiger partial charge in [0.15, 0.2) is 11.5 Å². The highest BCUT2D eigenvalue weighted by molar-refractivity contribution is 6.01. The summed E-state index contributed by atoms with van der Waals surface area (Å²) in [6, 6.07) is 17.2. The Hall–Kier alpha value is -3.58. The van der Waals surface area contributed by atoms with Gasteiger partial charge < -0.3 is 19.9 Å². The topological polar surface area (TPSA) is 83.9 Å². The third-order valence-electron chi connectivity index (χ3n) is 7.45. The van der Waals surface area contributed by atoms with Gasteiger partial charge >= 0.3 is 0 Å². The number of amides is 1. The number of piperidine rings is 1. The van der Waals surface area contributed by atoms with Gasteiger partial charge in [-0.15, -0.1) is 0 Å². The number of rotatable bonds is 8. The van der Waals surface area contributed by atoms with Crippen LogP contribution in [0.2, 0.25) is 0 Å². The Morgan fingerprint density at radius 1 is 1.00 bits per heavy atom. The zero-order chi connectivity index (χ0) is 25.1. The fourth-order valence-corrected chi connectivity index (χ4v) is 5.28. The Labute approximate surface area is 212 Å². The summed E-state index contributed by atoms with van der Waals surface area (Å²) >= 11 is 0. The highest BCUT2D eigenvalue weighted by Crippen LogP contribution is 2.50. The van der Waals surface area contributed by atoms with Crippen molar-refractivity contribution in [2.24, 2.45) is 0 Å². The van der Waals surface area contributed by atoms with Crippen molar-refractivity contribution in [2.45, 2.75) is 43.6 Å². The van der Waals surface area contributed by atoms with Gasteiger partial charge in [-0.1, -0.05) is 36.8 Å². The van der Waals surface area contributed by atoms with Gasteiger partial charge in [0.2, 0.25) is 5.91 Å². The Bertz CT molecular complexity index is 1220. The molecule has 1 saturated carbocycles. The number of carbonyl (C=O) groups is 1. The van der Waals surface area contributed by atoms with E-state index in [1.54, 1.807) is 25.3 Å². The molecule has 2 aromatic carbocycles. The molecule has 188 valence electrons. The molecule has 5 rings (SSSR count). The number of likely N-dealkylation sites (tertiary alicyclic amines) is 1. The number of aromatic nitrogens is 1. The first-order valence-corrected chi connectivity index (χ1v) is 12.6. The maximum Gasteiger partial charge on any atom is 0.236 e. The SMILES string of the molecule is COc1cc(C2(C(=O)Nc3ccc(C(c4ccccc4OC)N4CCCCC4)cn3)CC2)ccc1O. The number of nitrogens with zero attached hydrogens (tertiary/aromatic N) is 2. The summed E-state index contributed by atoms with van der Waals surface area (Å²) in [5.41, 5.74) is 2.42. The minimum atomic E-state index is -0.616. The van der Waals surface area contributed by atoms with Gasteiger partial charge in [0, 0.05) is 11.8 Å². The Morgan fingerprint density at radius 3 is 2.42 bits per heavy atom. The first-order valence-electron chi connectivity index (χ1n) is 12.6. The van der Waals surface area contributed by atoms with E-state index in [-0.39, 0.29) is 17.7 Å². The molecule has 0 bridgehead atoms. The first kappa shape index (κ1) is 24.1. The molecule has 1 saturated heterocycles. The zero-order valence-electron chi connectivity index (χ0n) is 20.9. The van der Waals surface area contributed by atoms with Crippen molar-refractivity contribution >= 4 is 11.7 Å². The third kappa shape index (κ3) is 4.63. The molecule has 1 aliphatic heterocycles. The van der Waals surface area contributed by atoms with Crippen LogP contribution in [0.1, 0.15) is 54.8 Å². The summed E-state index contributed by atoms with van der Waals surface area (Å²) in [7, 11) is 3.21. The maximum atomic E-state index is 13.3. The highest BCUT2D eigenvalue weighted by Gasteiger charge is 2.51. The molecular weight excluding hydrogens is 454 g/mol. The van der Waals surface area contributed by atoms with E-state index in [4.69, 9.17) is 9.47 Å². The Morgan fingerprint density at radius 2 is 1.75 bits per heavy atom. The average molecular weight is 488 g/mol. The smallest absolute Gasteiger partial charge is 0.236 e. The van der Waals surface area contributed by atoms with Crippen molar-refractivity contribution in [3.05, 3.63) is 77.5 Å². The molecule has 1 aromatic heterocycles. The van der Waals surface area contributed by atoms with Crippen molar-refractivity contribution in [1.82, 2.24) is 9.88 Å². The predicted octanol–water partition coefficient (Wildman–Crippen LogP) is 5.05. The molecule has 1 atom stereocenters. The number of phenols is 1. The van der Waals surface area contributed by atoms with Crippen LogP contribution < -0.4 is 14.8 Å². The second kappa shape index (κ2) is 10.2. The van der Waals surface area contributed by atoms with Crippen LogP contribution in [-0.2, 0) is 10.2 Å². The molecule has 2 fully saturated rings. The Kier molecular flexibility index (Phi) is 6.83. The molecule has 2 N–H and O–H groups in total. The molecule has 0 radical (unpaired) electrons. The van der Waals surface area contributed by atoms with Crippen molar-refractivity contribution in [3.63, 3.8) is 0 Å². The van der Waals surface area contributed by atoms with Crippen LogP contribution in [0, 0.1) is 0 Å². The molecule has 0 spiro atoms. The van der Waals surface area contributed by atoms with Crippen LogP contribution in [0.3, 0.4) is 0 Å². The summed E-state index contributed by atoms with van der Waals surface area (Å²) in [5.74, 6) is 1.73. The van der Waals surface area contributed by atoms with Crippen LogP contribution in [-0.4, -0.2) is 48.2 Å². The number of methoxy groups -OCH3 is 2. The van der Waals surface area contributed by atoms with E-state index in [0.29, 0.717) is 11.6 Å². The van der Waals surface area contributed by atoms with Gasteiger partial charge in [-0.3, -0.25) is 9.69 Å². The fraction of sp³-hybridized carbons (Fsp3) is 0.379. The van der Waals surface area contributed by atoms with Crippen LogP contribution >= 0.6 is 0 Å². The summed E-state index contributed by atoms with van der Waals surface area (Å²) in [4.78, 5) is 20.4. The number of benzene rings is 2. The lowest BCUT2D eigenvalue weighted by Crippen LogP contribution is -2.34. The van der Waals surface area contributed by atoms with Gasteiger partial charge in [0.1, 0.15) is 11.6 Å². The number of nitrogens with one attached hydrogen (secondary N) is 1. The van der Waals surface area contributed by atoms with Gasteiger partial charge in [-0.05, 0) is 74.2 Å². The summed E-state index contributed by atoms with van der Waals surface area (Å²) in [6.45, 7) is 2.06. The average Bonchev–Trinajstić information content (AvgIpc) is 3.73. The number of phenolic OH excluding ortho intramolecular Hbond substituents is 1. The van der Waals surface area contributed by atoms with E-state index in [0.717, 1.165) is 48.4 Å². The monoisotopic (exact) mass is 487 g/mol. The van der Waals surface area contributed by atoms with Gasteiger partial charge in [-0.25, -0.2) is 4.98 Å². The maximum absolute atomic E-state index is 13.3. The third-order valence-corrected chi connectivity index (χ3v) is 7.45. The minimum Gasteiger partial charge on any atom is -0.504 e. The van der Waals surface area contributed by atoms with Gasteiger partial charge in [-0.2, -0.15) is 0 Å². The second-order valence-corrected chi connectivity index (χ2v) is 9.64. The lowest BCUT2D eigenvalue weighted by atomic mass is 9.94. The van der Waals surface area contributed by atoms with Crippen molar-refractivity contribution in [1.29, 1.82) is 0 Å². The minimum absolute atomic E-state index is 0.0398.